The van der Waals surface area contributed by atoms with Crippen LogP contribution in [0.1, 0.15) is 12.5 Å². The molecule has 0 saturated heterocycles. The van der Waals surface area contributed by atoms with Gasteiger partial charge in [-0.25, -0.2) is 13.2 Å². The fourth-order valence-corrected chi connectivity index (χ4v) is 3.05. The quantitative estimate of drug-likeness (QED) is 0.343. The van der Waals surface area contributed by atoms with Crippen LogP contribution in [-0.2, 0) is 19.6 Å². The predicted octanol–water partition coefficient (Wildman–Crippen LogP) is 2.48. The number of carbonyl (C=O) groups excluding carboxylic acids is 1. The number of sulfonamides is 1. The van der Waals surface area contributed by atoms with Crippen LogP contribution >= 0.6 is 0 Å². The zero-order valence-electron chi connectivity index (χ0n) is 13.8. The Morgan fingerprint density at radius 1 is 1.15 bits per heavy atom. The van der Waals surface area contributed by atoms with E-state index in [2.05, 4.69) is 4.72 Å². The van der Waals surface area contributed by atoms with Gasteiger partial charge in [0.25, 0.3) is 15.7 Å². The molecule has 2 aromatic rings. The van der Waals surface area contributed by atoms with Gasteiger partial charge >= 0.3 is 5.97 Å². The number of nitro benzene ring substituents is 1. The number of benzene rings is 2. The Hall–Kier alpha value is -3.20. The molecule has 0 fully saturated rings. The first-order chi connectivity index (χ1) is 12.3. The highest BCUT2D eigenvalue weighted by Crippen LogP contribution is 2.17. The van der Waals surface area contributed by atoms with Crippen molar-refractivity contribution in [1.29, 1.82) is 0 Å². The zero-order chi connectivity index (χ0) is 19.2. The molecule has 2 aromatic carbocycles. The first-order valence-corrected chi connectivity index (χ1v) is 9.03. The van der Waals surface area contributed by atoms with E-state index < -0.39 is 20.9 Å². The summed E-state index contributed by atoms with van der Waals surface area (Å²) in [5, 5.41) is 10.7. The van der Waals surface area contributed by atoms with Crippen molar-refractivity contribution in [3.63, 3.8) is 0 Å². The summed E-state index contributed by atoms with van der Waals surface area (Å²) in [6.45, 7) is 1.67. The molecule has 136 valence electrons. The van der Waals surface area contributed by atoms with Gasteiger partial charge in [-0.3, -0.25) is 14.8 Å². The Balaban J connectivity index is 2.35. The number of rotatable bonds is 7. The van der Waals surface area contributed by atoms with Crippen molar-refractivity contribution >= 4 is 27.8 Å². The van der Waals surface area contributed by atoms with E-state index in [-0.39, 0.29) is 22.9 Å². The molecule has 0 atom stereocenters. The Labute approximate surface area is 150 Å². The number of non-ortho nitro benzene ring substituents is 1. The summed E-state index contributed by atoms with van der Waals surface area (Å²) in [6, 6.07) is 13.0. The van der Waals surface area contributed by atoms with Gasteiger partial charge < -0.3 is 4.74 Å². The van der Waals surface area contributed by atoms with E-state index in [0.29, 0.717) is 5.56 Å². The van der Waals surface area contributed by atoms with Gasteiger partial charge in [-0.05, 0) is 30.7 Å². The fraction of sp³-hybridized carbons (Fsp3) is 0.118. The van der Waals surface area contributed by atoms with Crippen molar-refractivity contribution in [1.82, 2.24) is 4.72 Å². The Bertz CT molecular complexity index is 921. The molecular weight excluding hydrogens is 360 g/mol. The molecule has 0 spiro atoms. The molecule has 0 aromatic heterocycles. The fourth-order valence-electron chi connectivity index (χ4n) is 2.01. The van der Waals surface area contributed by atoms with Crippen molar-refractivity contribution in [2.45, 2.75) is 11.8 Å². The first-order valence-electron chi connectivity index (χ1n) is 7.54. The summed E-state index contributed by atoms with van der Waals surface area (Å²) in [4.78, 5) is 21.9. The lowest BCUT2D eigenvalue weighted by molar-refractivity contribution is -0.384. The van der Waals surface area contributed by atoms with Crippen LogP contribution in [0.25, 0.3) is 6.08 Å². The highest BCUT2D eigenvalue weighted by molar-refractivity contribution is 7.89. The number of nitro groups is 1. The van der Waals surface area contributed by atoms with E-state index in [9.17, 15) is 23.3 Å². The van der Waals surface area contributed by atoms with E-state index in [0.717, 1.165) is 24.3 Å². The normalized spacial score (nSPS) is 11.7. The van der Waals surface area contributed by atoms with E-state index >= 15 is 0 Å². The van der Waals surface area contributed by atoms with Crippen LogP contribution in [0.3, 0.4) is 0 Å². The molecule has 8 nitrogen and oxygen atoms in total. The van der Waals surface area contributed by atoms with Crippen molar-refractivity contribution in [3.05, 3.63) is 76.0 Å². The standard InChI is InChI=1S/C17H16N2O6S/c1-2-25-17(20)16(12-13-6-4-3-5-7-13)18-26(23,24)15-10-8-14(9-11-15)19(21)22/h3-12,18H,2H2,1H3/b16-12+. The molecule has 9 heteroatoms. The molecule has 0 aliphatic rings. The van der Waals surface area contributed by atoms with Crippen LogP contribution in [0.2, 0.25) is 0 Å². The second-order valence-corrected chi connectivity index (χ2v) is 6.73. The molecule has 0 saturated carbocycles. The van der Waals surface area contributed by atoms with Gasteiger partial charge in [-0.1, -0.05) is 30.3 Å². The van der Waals surface area contributed by atoms with E-state index in [1.807, 2.05) is 0 Å². The van der Waals surface area contributed by atoms with E-state index in [1.165, 1.54) is 6.08 Å². The number of esters is 1. The maximum atomic E-state index is 12.5. The molecule has 0 bridgehead atoms. The molecule has 0 unspecified atom stereocenters. The number of nitrogens with one attached hydrogen (secondary N) is 1. The average molecular weight is 376 g/mol. The summed E-state index contributed by atoms with van der Waals surface area (Å²) in [6.07, 6.45) is 1.35. The van der Waals surface area contributed by atoms with Crippen LogP contribution in [0, 0.1) is 10.1 Å². The largest absolute Gasteiger partial charge is 0.461 e. The molecule has 1 N–H and O–H groups in total. The van der Waals surface area contributed by atoms with Gasteiger partial charge in [-0.15, -0.1) is 0 Å². The number of ether oxygens (including phenoxy) is 1. The van der Waals surface area contributed by atoms with Crippen molar-refractivity contribution in [2.24, 2.45) is 0 Å². The molecule has 26 heavy (non-hydrogen) atoms. The Morgan fingerprint density at radius 2 is 1.77 bits per heavy atom. The highest BCUT2D eigenvalue weighted by atomic mass is 32.2. The third-order valence-electron chi connectivity index (χ3n) is 3.21. The molecule has 0 radical (unpaired) electrons. The van der Waals surface area contributed by atoms with E-state index in [1.54, 1.807) is 37.3 Å². The number of hydrogen-bond donors (Lipinski definition) is 1. The Morgan fingerprint density at radius 3 is 2.31 bits per heavy atom. The van der Waals surface area contributed by atoms with Gasteiger partial charge in [0, 0.05) is 12.1 Å². The lowest BCUT2D eigenvalue weighted by atomic mass is 10.2. The van der Waals surface area contributed by atoms with Crippen molar-refractivity contribution in [2.75, 3.05) is 6.61 Å². The van der Waals surface area contributed by atoms with Crippen LogP contribution in [0.15, 0.2) is 65.2 Å². The molecule has 0 amide bonds. The summed E-state index contributed by atoms with van der Waals surface area (Å²) >= 11 is 0. The van der Waals surface area contributed by atoms with Gasteiger partial charge in [-0.2, -0.15) is 0 Å². The summed E-state index contributed by atoms with van der Waals surface area (Å²) in [5.41, 5.74) is 0.0905. The summed E-state index contributed by atoms with van der Waals surface area (Å²) in [7, 11) is -4.13. The second-order valence-electron chi connectivity index (χ2n) is 5.05. The first kappa shape index (κ1) is 19.1. The lowest BCUT2D eigenvalue weighted by Crippen LogP contribution is -2.28. The van der Waals surface area contributed by atoms with Crippen LogP contribution in [-0.4, -0.2) is 25.9 Å². The average Bonchev–Trinajstić information content (AvgIpc) is 2.62. The van der Waals surface area contributed by atoms with Crippen LogP contribution in [0.5, 0.6) is 0 Å². The van der Waals surface area contributed by atoms with E-state index in [4.69, 9.17) is 4.74 Å². The molecule has 0 aliphatic heterocycles. The molecule has 0 aliphatic carbocycles. The number of nitrogens with zero attached hydrogens (tertiary/aromatic N) is 1. The van der Waals surface area contributed by atoms with Gasteiger partial charge in [0.2, 0.25) is 0 Å². The molecule has 0 heterocycles. The van der Waals surface area contributed by atoms with Crippen molar-refractivity contribution in [3.8, 4) is 0 Å². The minimum atomic E-state index is -4.13. The van der Waals surface area contributed by atoms with Gasteiger partial charge in [0.05, 0.1) is 16.4 Å². The SMILES string of the molecule is CCOC(=O)/C(=C\c1ccccc1)NS(=O)(=O)c1ccc([N+](=O)[O-])cc1. The molecular formula is C17H16N2O6S. The second kappa shape index (κ2) is 8.26. The topological polar surface area (TPSA) is 116 Å². The zero-order valence-corrected chi connectivity index (χ0v) is 14.6. The van der Waals surface area contributed by atoms with Gasteiger partial charge in [0.15, 0.2) is 0 Å². The molecule has 2 rings (SSSR count). The lowest BCUT2D eigenvalue weighted by Gasteiger charge is -2.11. The minimum Gasteiger partial charge on any atom is -0.461 e. The smallest absolute Gasteiger partial charge is 0.355 e. The predicted molar refractivity (Wildman–Crippen MR) is 94.5 cm³/mol. The van der Waals surface area contributed by atoms with Crippen molar-refractivity contribution < 1.29 is 22.9 Å². The number of hydrogen-bond acceptors (Lipinski definition) is 6. The monoisotopic (exact) mass is 376 g/mol. The maximum Gasteiger partial charge on any atom is 0.355 e. The van der Waals surface area contributed by atoms with Crippen LogP contribution < -0.4 is 4.72 Å². The third kappa shape index (κ3) is 4.90. The van der Waals surface area contributed by atoms with Crippen LogP contribution in [0.4, 0.5) is 5.69 Å². The Kier molecular flexibility index (Phi) is 6.07. The number of carbonyl (C=O) groups is 1. The van der Waals surface area contributed by atoms with Gasteiger partial charge in [0.1, 0.15) is 5.70 Å². The minimum absolute atomic E-state index is 0.0736. The maximum absolute atomic E-state index is 12.5. The highest BCUT2D eigenvalue weighted by Gasteiger charge is 2.21. The summed E-state index contributed by atoms with van der Waals surface area (Å²) < 4.78 is 32.1. The third-order valence-corrected chi connectivity index (χ3v) is 4.59. The summed E-state index contributed by atoms with van der Waals surface area (Å²) in [5.74, 6) is -0.832.